The second-order valence-corrected chi connectivity index (χ2v) is 4.66. The molecule has 0 saturated carbocycles. The van der Waals surface area contributed by atoms with Crippen LogP contribution < -0.4 is 0 Å². The number of hydrogen-bond donors (Lipinski definition) is 0. The fraction of sp³-hybridized carbons (Fsp3) is 0.267. The molecule has 2 aliphatic rings. The zero-order chi connectivity index (χ0) is 12.5. The molecule has 2 atom stereocenters. The Morgan fingerprint density at radius 2 is 2.28 bits per heavy atom. The van der Waals surface area contributed by atoms with Gasteiger partial charge in [0.1, 0.15) is 12.1 Å². The van der Waals surface area contributed by atoms with Gasteiger partial charge in [0.2, 0.25) is 0 Å². The standard InChI is InChI=1S/C15H13FO2/c16-13-4-2-11(3-5-13)15-14-6-1-10(8-17)7-12(14)9-18-15/h1-2,4-8,11,15H,3,9H2. The summed E-state index contributed by atoms with van der Waals surface area (Å²) >= 11 is 0. The number of rotatable bonds is 2. The van der Waals surface area contributed by atoms with Crippen LogP contribution in [0.5, 0.6) is 0 Å². The zero-order valence-electron chi connectivity index (χ0n) is 9.80. The molecular weight excluding hydrogens is 231 g/mol. The molecule has 1 aliphatic carbocycles. The summed E-state index contributed by atoms with van der Waals surface area (Å²) in [6, 6.07) is 5.61. The molecule has 1 aromatic carbocycles. The molecule has 0 spiro atoms. The Labute approximate surface area is 105 Å². The van der Waals surface area contributed by atoms with Crippen LogP contribution in [-0.4, -0.2) is 6.29 Å². The van der Waals surface area contributed by atoms with Crippen molar-refractivity contribution in [3.8, 4) is 0 Å². The number of carbonyl (C=O) groups excluding carboxylic acids is 1. The Morgan fingerprint density at radius 3 is 3.00 bits per heavy atom. The lowest BCUT2D eigenvalue weighted by molar-refractivity contribution is 0.0373. The van der Waals surface area contributed by atoms with Crippen LogP contribution in [0, 0.1) is 5.92 Å². The van der Waals surface area contributed by atoms with E-state index < -0.39 is 0 Å². The minimum Gasteiger partial charge on any atom is -0.368 e. The van der Waals surface area contributed by atoms with Crippen LogP contribution in [0.15, 0.2) is 42.3 Å². The maximum Gasteiger partial charge on any atom is 0.150 e. The summed E-state index contributed by atoms with van der Waals surface area (Å²) < 4.78 is 18.7. The first-order valence-electron chi connectivity index (χ1n) is 6.01. The van der Waals surface area contributed by atoms with E-state index in [0.29, 0.717) is 18.6 Å². The first kappa shape index (κ1) is 11.4. The van der Waals surface area contributed by atoms with Gasteiger partial charge in [-0.15, -0.1) is 0 Å². The van der Waals surface area contributed by atoms with Crippen LogP contribution in [0.1, 0.15) is 34.0 Å². The van der Waals surface area contributed by atoms with Gasteiger partial charge in [-0.3, -0.25) is 4.79 Å². The number of benzene rings is 1. The highest BCUT2D eigenvalue weighted by atomic mass is 19.1. The van der Waals surface area contributed by atoms with Gasteiger partial charge in [-0.25, -0.2) is 4.39 Å². The number of hydrogen-bond acceptors (Lipinski definition) is 2. The second-order valence-electron chi connectivity index (χ2n) is 4.66. The third kappa shape index (κ3) is 1.91. The molecule has 0 bridgehead atoms. The van der Waals surface area contributed by atoms with E-state index in [1.807, 2.05) is 18.2 Å². The van der Waals surface area contributed by atoms with E-state index in [9.17, 15) is 9.18 Å². The summed E-state index contributed by atoms with van der Waals surface area (Å²) in [4.78, 5) is 10.7. The molecule has 3 rings (SSSR count). The van der Waals surface area contributed by atoms with Crippen molar-refractivity contribution in [3.63, 3.8) is 0 Å². The summed E-state index contributed by atoms with van der Waals surface area (Å²) in [7, 11) is 0. The molecule has 1 aliphatic heterocycles. The molecule has 0 saturated heterocycles. The lowest BCUT2D eigenvalue weighted by atomic mass is 9.89. The number of halogens is 1. The lowest BCUT2D eigenvalue weighted by Crippen LogP contribution is -2.11. The van der Waals surface area contributed by atoms with Crippen molar-refractivity contribution in [1.82, 2.24) is 0 Å². The lowest BCUT2D eigenvalue weighted by Gasteiger charge is -2.21. The molecule has 18 heavy (non-hydrogen) atoms. The van der Waals surface area contributed by atoms with E-state index in [0.717, 1.165) is 17.4 Å². The van der Waals surface area contributed by atoms with Gasteiger partial charge in [0, 0.05) is 11.5 Å². The average Bonchev–Trinajstić information content (AvgIpc) is 2.82. The molecule has 0 radical (unpaired) electrons. The largest absolute Gasteiger partial charge is 0.368 e. The fourth-order valence-corrected chi connectivity index (χ4v) is 2.56. The van der Waals surface area contributed by atoms with E-state index in [1.54, 1.807) is 12.1 Å². The van der Waals surface area contributed by atoms with E-state index in [-0.39, 0.29) is 17.8 Å². The molecule has 92 valence electrons. The number of fused-ring (bicyclic) bond motifs is 1. The third-order valence-electron chi connectivity index (χ3n) is 3.50. The van der Waals surface area contributed by atoms with E-state index >= 15 is 0 Å². The van der Waals surface area contributed by atoms with Crippen molar-refractivity contribution in [2.24, 2.45) is 5.92 Å². The van der Waals surface area contributed by atoms with Crippen molar-refractivity contribution >= 4 is 6.29 Å². The number of ether oxygens (including phenoxy) is 1. The molecule has 1 aromatic rings. The molecular formula is C15H13FO2. The Hall–Kier alpha value is -1.74. The molecule has 2 unspecified atom stereocenters. The molecule has 0 amide bonds. The van der Waals surface area contributed by atoms with Gasteiger partial charge in [-0.1, -0.05) is 18.2 Å². The molecule has 2 nitrogen and oxygen atoms in total. The molecule has 0 aromatic heterocycles. The van der Waals surface area contributed by atoms with Crippen molar-refractivity contribution in [1.29, 1.82) is 0 Å². The Bertz CT molecular complexity index is 545. The summed E-state index contributed by atoms with van der Waals surface area (Å²) in [6.45, 7) is 0.526. The van der Waals surface area contributed by atoms with Crippen LogP contribution in [-0.2, 0) is 11.3 Å². The maximum absolute atomic E-state index is 12.9. The third-order valence-corrected chi connectivity index (χ3v) is 3.50. The number of allylic oxidation sites excluding steroid dienone is 3. The second kappa shape index (κ2) is 4.50. The van der Waals surface area contributed by atoms with Gasteiger partial charge in [-0.2, -0.15) is 0 Å². The van der Waals surface area contributed by atoms with Crippen LogP contribution in [0.25, 0.3) is 0 Å². The van der Waals surface area contributed by atoms with Crippen molar-refractivity contribution in [3.05, 3.63) is 58.9 Å². The van der Waals surface area contributed by atoms with E-state index in [4.69, 9.17) is 4.74 Å². The van der Waals surface area contributed by atoms with Crippen molar-refractivity contribution in [2.75, 3.05) is 0 Å². The topological polar surface area (TPSA) is 26.3 Å². The van der Waals surface area contributed by atoms with Gasteiger partial charge in [-0.05, 0) is 35.8 Å². The van der Waals surface area contributed by atoms with Crippen molar-refractivity contribution < 1.29 is 13.9 Å². The Balaban J connectivity index is 1.87. The average molecular weight is 244 g/mol. The first-order chi connectivity index (χ1) is 8.78. The highest BCUT2D eigenvalue weighted by molar-refractivity contribution is 5.75. The molecule has 1 heterocycles. The van der Waals surface area contributed by atoms with Crippen LogP contribution in [0.2, 0.25) is 0 Å². The van der Waals surface area contributed by atoms with E-state index in [1.165, 1.54) is 6.08 Å². The quantitative estimate of drug-likeness (QED) is 0.744. The molecule has 0 fully saturated rings. The summed E-state index contributed by atoms with van der Waals surface area (Å²) in [5, 5.41) is 0. The molecule has 0 N–H and O–H groups in total. The smallest absolute Gasteiger partial charge is 0.150 e. The van der Waals surface area contributed by atoms with Crippen LogP contribution in [0.3, 0.4) is 0 Å². The molecule has 3 heteroatoms. The van der Waals surface area contributed by atoms with Gasteiger partial charge < -0.3 is 4.74 Å². The first-order valence-corrected chi connectivity index (χ1v) is 6.01. The predicted octanol–water partition coefficient (Wildman–Crippen LogP) is 3.50. The SMILES string of the molecule is O=Cc1ccc2c(c1)COC2C1C=CC(F)=CC1. The van der Waals surface area contributed by atoms with Crippen LogP contribution in [0.4, 0.5) is 4.39 Å². The van der Waals surface area contributed by atoms with Gasteiger partial charge >= 0.3 is 0 Å². The van der Waals surface area contributed by atoms with Crippen molar-refractivity contribution in [2.45, 2.75) is 19.1 Å². The van der Waals surface area contributed by atoms with Gasteiger partial charge in [0.05, 0.1) is 12.7 Å². The number of carbonyl (C=O) groups is 1. The van der Waals surface area contributed by atoms with E-state index in [2.05, 4.69) is 0 Å². The summed E-state index contributed by atoms with van der Waals surface area (Å²) in [6.07, 6.45) is 6.42. The maximum atomic E-state index is 12.9. The Morgan fingerprint density at radius 1 is 1.39 bits per heavy atom. The van der Waals surface area contributed by atoms with Gasteiger partial charge in [0.15, 0.2) is 0 Å². The zero-order valence-corrected chi connectivity index (χ0v) is 9.80. The summed E-state index contributed by atoms with van der Waals surface area (Å²) in [5.41, 5.74) is 2.85. The summed E-state index contributed by atoms with van der Waals surface area (Å²) in [5.74, 6) is -0.00592. The van der Waals surface area contributed by atoms with Gasteiger partial charge in [0.25, 0.3) is 0 Å². The minimum atomic E-state index is -0.180. The highest BCUT2D eigenvalue weighted by Gasteiger charge is 2.30. The monoisotopic (exact) mass is 244 g/mol. The number of aldehydes is 1. The van der Waals surface area contributed by atoms with Crippen LogP contribution >= 0.6 is 0 Å². The minimum absolute atomic E-state index is 0.0266. The normalized spacial score (nSPS) is 25.7. The highest BCUT2D eigenvalue weighted by Crippen LogP contribution is 2.40. The Kier molecular flexibility index (Phi) is 2.84. The fourth-order valence-electron chi connectivity index (χ4n) is 2.56. The predicted molar refractivity (Wildman–Crippen MR) is 65.8 cm³/mol.